The van der Waals surface area contributed by atoms with Crippen LogP contribution in [-0.2, 0) is 11.2 Å². The summed E-state index contributed by atoms with van der Waals surface area (Å²) >= 11 is 0. The molecule has 2 N–H and O–H groups in total. The molecule has 3 unspecified atom stereocenters. The molecule has 47 heavy (non-hydrogen) atoms. The summed E-state index contributed by atoms with van der Waals surface area (Å²) in [6, 6.07) is 5.80. The monoisotopic (exact) mass is 677 g/mol. The summed E-state index contributed by atoms with van der Waals surface area (Å²) in [5, 5.41) is 22.2. The number of rotatable bonds is 14. The summed E-state index contributed by atoms with van der Waals surface area (Å²) in [6.45, 7) is 3.76. The lowest BCUT2D eigenvalue weighted by molar-refractivity contribution is -0.355. The highest BCUT2D eigenvalue weighted by molar-refractivity contribution is 5.83. The number of hydrogen-bond donors (Lipinski definition) is 2. The Hall–Kier alpha value is -1.88. The largest absolute Gasteiger partial charge is 0.508 e. The zero-order valence-electron chi connectivity index (χ0n) is 27.5. The Morgan fingerprint density at radius 2 is 1.62 bits per heavy atom. The van der Waals surface area contributed by atoms with E-state index in [2.05, 4.69) is 17.9 Å². The molecule has 0 spiro atoms. The van der Waals surface area contributed by atoms with Crippen LogP contribution in [0, 0.1) is 29.1 Å². The first-order valence-electron chi connectivity index (χ1n) is 17.5. The van der Waals surface area contributed by atoms with E-state index in [1.54, 1.807) is 6.07 Å². The van der Waals surface area contributed by atoms with Gasteiger partial charge in [0.05, 0.1) is 5.60 Å². The van der Waals surface area contributed by atoms with Crippen molar-refractivity contribution in [1.82, 2.24) is 4.90 Å². The third-order valence-electron chi connectivity index (χ3n) is 12.6. The minimum atomic E-state index is -6.27. The van der Waals surface area contributed by atoms with Crippen molar-refractivity contribution in [2.24, 2.45) is 29.1 Å². The molecular formula is C36H50F7NO3. The zero-order valence-corrected chi connectivity index (χ0v) is 27.5. The Morgan fingerprint density at radius 3 is 2.30 bits per heavy atom. The lowest BCUT2D eigenvalue weighted by atomic mass is 9.49. The molecule has 5 rings (SSSR count). The Labute approximate surface area is 273 Å². The van der Waals surface area contributed by atoms with Crippen LogP contribution in [0.2, 0.25) is 0 Å². The van der Waals surface area contributed by atoms with Gasteiger partial charge >= 0.3 is 18.0 Å². The van der Waals surface area contributed by atoms with E-state index in [1.807, 2.05) is 13.1 Å². The summed E-state index contributed by atoms with van der Waals surface area (Å²) in [5.41, 5.74) is 1.34. The van der Waals surface area contributed by atoms with Gasteiger partial charge in [-0.05, 0) is 124 Å². The van der Waals surface area contributed by atoms with Crippen molar-refractivity contribution in [1.29, 1.82) is 0 Å². The molecule has 1 aromatic carbocycles. The number of carbonyl (C=O) groups excluding carboxylic acids is 1. The lowest BCUT2D eigenvalue weighted by Gasteiger charge is -2.56. The molecule has 4 nitrogen and oxygen atoms in total. The zero-order chi connectivity index (χ0) is 34.4. The van der Waals surface area contributed by atoms with E-state index in [0.717, 1.165) is 57.9 Å². The fourth-order valence-electron chi connectivity index (χ4n) is 10.2. The van der Waals surface area contributed by atoms with Crippen LogP contribution in [0.5, 0.6) is 5.75 Å². The molecule has 0 bridgehead atoms. The lowest BCUT2D eigenvalue weighted by Crippen LogP contribution is -2.54. The minimum absolute atomic E-state index is 0.0428. The Morgan fingerprint density at radius 1 is 0.957 bits per heavy atom. The number of phenolic OH excluding ortho intramolecular Hbond substituents is 1. The van der Waals surface area contributed by atoms with Gasteiger partial charge in [-0.3, -0.25) is 4.79 Å². The maximum absolute atomic E-state index is 13.5. The van der Waals surface area contributed by atoms with Gasteiger partial charge < -0.3 is 15.1 Å². The summed E-state index contributed by atoms with van der Waals surface area (Å²) in [4.78, 5) is 14.6. The fourth-order valence-corrected chi connectivity index (χ4v) is 10.2. The second-order valence-electron chi connectivity index (χ2n) is 15.5. The highest BCUT2D eigenvalue weighted by Crippen LogP contribution is 2.70. The molecule has 4 aliphatic rings. The average molecular weight is 678 g/mol. The first-order valence-corrected chi connectivity index (χ1v) is 17.5. The van der Waals surface area contributed by atoms with Crippen LogP contribution in [0.3, 0.4) is 0 Å². The molecule has 0 aliphatic heterocycles. The highest BCUT2D eigenvalue weighted by Gasteiger charge is 2.72. The quantitative estimate of drug-likeness (QED) is 0.152. The van der Waals surface area contributed by atoms with Gasteiger partial charge in [0.15, 0.2) is 0 Å². The Kier molecular flexibility index (Phi) is 10.4. The molecule has 0 saturated heterocycles. The molecule has 0 aromatic heterocycles. The molecule has 0 amide bonds. The van der Waals surface area contributed by atoms with E-state index < -0.39 is 36.5 Å². The Balaban J connectivity index is 1.09. The number of aryl methyl sites for hydroxylation is 1. The first kappa shape index (κ1) is 36.4. The molecule has 3 saturated carbocycles. The van der Waals surface area contributed by atoms with Gasteiger partial charge in [0.2, 0.25) is 0 Å². The van der Waals surface area contributed by atoms with Crippen molar-refractivity contribution in [2.75, 3.05) is 20.1 Å². The van der Waals surface area contributed by atoms with Gasteiger partial charge in [-0.15, -0.1) is 0 Å². The molecule has 266 valence electrons. The number of fused-ring (bicyclic) bond motifs is 7. The number of aliphatic hydroxyl groups is 1. The van der Waals surface area contributed by atoms with Crippen molar-refractivity contribution < 1.29 is 45.7 Å². The predicted octanol–water partition coefficient (Wildman–Crippen LogP) is 9.07. The summed E-state index contributed by atoms with van der Waals surface area (Å²) in [5.74, 6) is -9.07. The van der Waals surface area contributed by atoms with Crippen molar-refractivity contribution in [3.8, 4) is 5.75 Å². The van der Waals surface area contributed by atoms with Crippen LogP contribution >= 0.6 is 0 Å². The molecule has 7 atom stereocenters. The van der Waals surface area contributed by atoms with Crippen molar-refractivity contribution in [3.63, 3.8) is 0 Å². The first-order chi connectivity index (χ1) is 21.9. The van der Waals surface area contributed by atoms with E-state index in [1.165, 1.54) is 11.1 Å². The van der Waals surface area contributed by atoms with Gasteiger partial charge in [-0.2, -0.15) is 30.7 Å². The van der Waals surface area contributed by atoms with Crippen LogP contribution < -0.4 is 0 Å². The predicted molar refractivity (Wildman–Crippen MR) is 165 cm³/mol. The highest BCUT2D eigenvalue weighted by atomic mass is 19.4. The van der Waals surface area contributed by atoms with Gasteiger partial charge in [-0.25, -0.2) is 0 Å². The number of halogens is 7. The van der Waals surface area contributed by atoms with Gasteiger partial charge in [0, 0.05) is 24.7 Å². The number of phenols is 1. The van der Waals surface area contributed by atoms with E-state index in [9.17, 15) is 45.7 Å². The number of carbonyl (C=O) groups is 1. The topological polar surface area (TPSA) is 60.8 Å². The molecule has 1 aromatic rings. The number of aromatic hydroxyl groups is 1. The van der Waals surface area contributed by atoms with Crippen LogP contribution in [-0.4, -0.2) is 64.7 Å². The molecule has 0 radical (unpaired) electrons. The van der Waals surface area contributed by atoms with Crippen molar-refractivity contribution in [3.05, 3.63) is 29.3 Å². The summed E-state index contributed by atoms with van der Waals surface area (Å²) in [6.07, 6.45) is 1.61. The average Bonchev–Trinajstić information content (AvgIpc) is 3.39. The number of alkyl halides is 7. The van der Waals surface area contributed by atoms with Crippen molar-refractivity contribution >= 4 is 5.78 Å². The maximum atomic E-state index is 13.5. The molecular weight excluding hydrogens is 627 g/mol. The van der Waals surface area contributed by atoms with E-state index in [4.69, 9.17) is 0 Å². The normalized spacial score (nSPS) is 32.3. The van der Waals surface area contributed by atoms with Gasteiger partial charge in [-0.1, -0.05) is 38.7 Å². The van der Waals surface area contributed by atoms with Gasteiger partial charge in [0.25, 0.3) is 0 Å². The number of benzene rings is 1. The number of Topliss-reactive ketones (excluding diaryl/α,β-unsaturated/α-hetero) is 1. The van der Waals surface area contributed by atoms with Crippen LogP contribution in [0.1, 0.15) is 114 Å². The van der Waals surface area contributed by atoms with Crippen molar-refractivity contribution in [2.45, 2.75) is 133 Å². The number of nitrogens with zero attached hydrogens (tertiary/aromatic N) is 1. The number of unbranched alkanes of at least 4 members (excludes halogenated alkanes) is 5. The standard InChI is InChI=1S/C36H50F7NO3/c1-32-21-24(10-6-5-9-17-44(2)16-8-4-3-7-15-34(37,38)35(39,40)36(41,42)43)31-28-14-12-26(45)18-23(28)11-13-29(31)30(32)20-25-19-27(46)22-33(25,32)47/h12,14,18,24-25,29-31,45,47H,3-11,13,15-17,19-22H2,1-2H3/t24-,25+,29?,30?,31?,32-,33-/m0/s1. The molecule has 11 heteroatoms. The third kappa shape index (κ3) is 6.82. The fraction of sp³-hybridized carbons (Fsp3) is 0.806. The van der Waals surface area contributed by atoms with E-state index in [-0.39, 0.29) is 30.0 Å². The summed E-state index contributed by atoms with van der Waals surface area (Å²) < 4.78 is 89.9. The number of ketones is 1. The molecule has 3 fully saturated rings. The second-order valence-corrected chi connectivity index (χ2v) is 15.5. The summed E-state index contributed by atoms with van der Waals surface area (Å²) in [7, 11) is 1.96. The molecule has 4 aliphatic carbocycles. The van der Waals surface area contributed by atoms with Gasteiger partial charge in [0.1, 0.15) is 11.5 Å². The minimum Gasteiger partial charge on any atom is -0.508 e. The smallest absolute Gasteiger partial charge is 0.459 e. The van der Waals surface area contributed by atoms with Crippen LogP contribution in [0.4, 0.5) is 30.7 Å². The SMILES string of the molecule is CN(CCCCCCC(F)(F)C(F)(F)C(F)(F)F)CCCCC[C@H]1C[C@@]2(C)C(C[C@H]3CC(=O)C[C@]32O)C2CCc3cc(O)ccc3C21. The van der Waals surface area contributed by atoms with Crippen LogP contribution in [0.15, 0.2) is 18.2 Å². The Bertz CT molecular complexity index is 1270. The van der Waals surface area contributed by atoms with E-state index in [0.29, 0.717) is 55.2 Å². The second kappa shape index (κ2) is 13.4. The molecule has 0 heterocycles. The number of hydrogen-bond acceptors (Lipinski definition) is 4. The van der Waals surface area contributed by atoms with E-state index >= 15 is 0 Å². The maximum Gasteiger partial charge on any atom is 0.459 e. The third-order valence-corrected chi connectivity index (χ3v) is 12.6. The van der Waals surface area contributed by atoms with Crippen LogP contribution in [0.25, 0.3) is 0 Å².